The Balaban J connectivity index is 1.54. The molecule has 0 aliphatic heterocycles. The Bertz CT molecular complexity index is 206. The zero-order valence-corrected chi connectivity index (χ0v) is 10.6. The van der Waals surface area contributed by atoms with Gasteiger partial charge >= 0.3 is 0 Å². The highest BCUT2D eigenvalue weighted by atomic mass is 16.5. The third kappa shape index (κ3) is 3.44. The minimum absolute atomic E-state index is 0.436. The highest BCUT2D eigenvalue weighted by molar-refractivity contribution is 4.90. The molecule has 2 N–H and O–H groups in total. The summed E-state index contributed by atoms with van der Waals surface area (Å²) in [5.74, 6) is 0.882. The molecule has 2 rings (SSSR count). The van der Waals surface area contributed by atoms with Crippen LogP contribution >= 0.6 is 0 Å². The lowest BCUT2D eigenvalue weighted by Crippen LogP contribution is -2.46. The molecular formula is C13H26N2O. The van der Waals surface area contributed by atoms with Crippen LogP contribution in [0.1, 0.15) is 32.1 Å². The van der Waals surface area contributed by atoms with E-state index in [1.807, 2.05) is 0 Å². The maximum atomic E-state index is 5.86. The van der Waals surface area contributed by atoms with Crippen molar-refractivity contribution >= 4 is 0 Å². The maximum Gasteiger partial charge on any atom is 0.0593 e. The molecule has 2 aliphatic rings. The van der Waals surface area contributed by atoms with E-state index < -0.39 is 0 Å². The van der Waals surface area contributed by atoms with Crippen molar-refractivity contribution in [3.05, 3.63) is 0 Å². The molecule has 0 radical (unpaired) electrons. The van der Waals surface area contributed by atoms with Crippen molar-refractivity contribution in [3.8, 4) is 0 Å². The molecule has 0 saturated heterocycles. The Morgan fingerprint density at radius 2 is 2.12 bits per heavy atom. The Morgan fingerprint density at radius 1 is 1.38 bits per heavy atom. The standard InChI is InChI=1S/C13H26N2O/c1-15(7-8-16-9-12-3-4-12)11-13(10-14)5-2-6-13/h12H,2-11,14H2,1H3. The van der Waals surface area contributed by atoms with Crippen molar-refractivity contribution in [2.75, 3.05) is 39.9 Å². The Hall–Kier alpha value is -0.120. The zero-order valence-electron chi connectivity index (χ0n) is 10.6. The van der Waals surface area contributed by atoms with Gasteiger partial charge in [-0.2, -0.15) is 0 Å². The van der Waals surface area contributed by atoms with Crippen molar-refractivity contribution in [1.29, 1.82) is 0 Å². The van der Waals surface area contributed by atoms with E-state index in [0.717, 1.165) is 38.8 Å². The molecule has 0 atom stereocenters. The average molecular weight is 226 g/mol. The fourth-order valence-corrected chi connectivity index (χ4v) is 2.51. The van der Waals surface area contributed by atoms with Crippen LogP contribution in [0.15, 0.2) is 0 Å². The number of rotatable bonds is 8. The van der Waals surface area contributed by atoms with Gasteiger partial charge in [0.2, 0.25) is 0 Å². The van der Waals surface area contributed by atoms with Gasteiger partial charge < -0.3 is 15.4 Å². The summed E-state index contributed by atoms with van der Waals surface area (Å²) in [7, 11) is 2.19. The molecule has 0 aromatic heterocycles. The molecule has 0 amide bonds. The summed E-state index contributed by atoms with van der Waals surface area (Å²) in [5, 5.41) is 0. The van der Waals surface area contributed by atoms with Gasteiger partial charge in [-0.15, -0.1) is 0 Å². The second-order valence-corrected chi connectivity index (χ2v) is 5.81. The molecule has 16 heavy (non-hydrogen) atoms. The van der Waals surface area contributed by atoms with Crippen LogP contribution in [0.4, 0.5) is 0 Å². The summed E-state index contributed by atoms with van der Waals surface area (Å²) in [6.45, 7) is 4.91. The van der Waals surface area contributed by atoms with Crippen molar-refractivity contribution in [3.63, 3.8) is 0 Å². The highest BCUT2D eigenvalue weighted by Crippen LogP contribution is 2.40. The Labute approximate surface area is 99.3 Å². The molecule has 0 bridgehead atoms. The molecular weight excluding hydrogens is 200 g/mol. The van der Waals surface area contributed by atoms with Gasteiger partial charge in [0.15, 0.2) is 0 Å². The summed E-state index contributed by atoms with van der Waals surface area (Å²) in [4.78, 5) is 2.39. The minimum atomic E-state index is 0.436. The van der Waals surface area contributed by atoms with Crippen LogP contribution in [0.25, 0.3) is 0 Å². The predicted molar refractivity (Wildman–Crippen MR) is 66.4 cm³/mol. The molecule has 0 aromatic rings. The lowest BCUT2D eigenvalue weighted by atomic mass is 9.68. The first-order valence-corrected chi connectivity index (χ1v) is 6.70. The molecule has 0 spiro atoms. The maximum absolute atomic E-state index is 5.86. The van der Waals surface area contributed by atoms with Gasteiger partial charge in [0, 0.05) is 19.7 Å². The Morgan fingerprint density at radius 3 is 2.62 bits per heavy atom. The SMILES string of the molecule is CN(CCOCC1CC1)CC1(CN)CCC1. The summed E-state index contributed by atoms with van der Waals surface area (Å²) >= 11 is 0. The van der Waals surface area contributed by atoms with Gasteiger partial charge in [0.1, 0.15) is 0 Å². The van der Waals surface area contributed by atoms with Crippen LogP contribution in [-0.4, -0.2) is 44.8 Å². The summed E-state index contributed by atoms with van der Waals surface area (Å²) in [6.07, 6.45) is 6.76. The normalized spacial score (nSPS) is 23.4. The zero-order chi connectivity index (χ0) is 11.4. The smallest absolute Gasteiger partial charge is 0.0593 e. The lowest BCUT2D eigenvalue weighted by molar-refractivity contribution is 0.0581. The van der Waals surface area contributed by atoms with Gasteiger partial charge in [-0.1, -0.05) is 6.42 Å². The number of likely N-dealkylation sites (N-methyl/N-ethyl adjacent to an activating group) is 1. The topological polar surface area (TPSA) is 38.5 Å². The van der Waals surface area contributed by atoms with E-state index in [-0.39, 0.29) is 0 Å². The van der Waals surface area contributed by atoms with Crippen LogP contribution in [0.5, 0.6) is 0 Å². The summed E-state index contributed by atoms with van der Waals surface area (Å²) in [5.41, 5.74) is 6.30. The van der Waals surface area contributed by atoms with E-state index in [1.54, 1.807) is 0 Å². The quantitative estimate of drug-likeness (QED) is 0.637. The van der Waals surface area contributed by atoms with Crippen molar-refractivity contribution < 1.29 is 4.74 Å². The average Bonchev–Trinajstić information content (AvgIpc) is 3.02. The fraction of sp³-hybridized carbons (Fsp3) is 1.00. The number of nitrogens with two attached hydrogens (primary N) is 1. The second-order valence-electron chi connectivity index (χ2n) is 5.81. The number of hydrogen-bond acceptors (Lipinski definition) is 3. The molecule has 2 fully saturated rings. The number of nitrogens with zero attached hydrogens (tertiary/aromatic N) is 1. The monoisotopic (exact) mass is 226 g/mol. The fourth-order valence-electron chi connectivity index (χ4n) is 2.51. The van der Waals surface area contributed by atoms with Crippen molar-refractivity contribution in [2.24, 2.45) is 17.1 Å². The van der Waals surface area contributed by atoms with E-state index in [1.165, 1.54) is 32.1 Å². The van der Waals surface area contributed by atoms with Gasteiger partial charge in [-0.3, -0.25) is 0 Å². The van der Waals surface area contributed by atoms with Crippen LogP contribution in [0.2, 0.25) is 0 Å². The minimum Gasteiger partial charge on any atom is -0.380 e. The predicted octanol–water partition coefficient (Wildman–Crippen LogP) is 1.47. The van der Waals surface area contributed by atoms with Crippen molar-refractivity contribution in [1.82, 2.24) is 4.90 Å². The molecule has 3 heteroatoms. The lowest BCUT2D eigenvalue weighted by Gasteiger charge is -2.43. The van der Waals surface area contributed by atoms with E-state index in [0.29, 0.717) is 5.41 Å². The third-order valence-corrected chi connectivity index (χ3v) is 4.12. The first-order valence-electron chi connectivity index (χ1n) is 6.70. The van der Waals surface area contributed by atoms with E-state index >= 15 is 0 Å². The molecule has 0 aromatic carbocycles. The second kappa shape index (κ2) is 5.48. The van der Waals surface area contributed by atoms with Crippen molar-refractivity contribution in [2.45, 2.75) is 32.1 Å². The first kappa shape index (κ1) is 12.3. The van der Waals surface area contributed by atoms with Crippen LogP contribution in [0.3, 0.4) is 0 Å². The van der Waals surface area contributed by atoms with Crippen LogP contribution in [0, 0.1) is 11.3 Å². The van der Waals surface area contributed by atoms with Gasteiger partial charge in [0.25, 0.3) is 0 Å². The van der Waals surface area contributed by atoms with E-state index in [2.05, 4.69) is 11.9 Å². The number of hydrogen-bond donors (Lipinski definition) is 1. The summed E-state index contributed by atoms with van der Waals surface area (Å²) in [6, 6.07) is 0. The molecule has 2 saturated carbocycles. The largest absolute Gasteiger partial charge is 0.380 e. The molecule has 94 valence electrons. The molecule has 3 nitrogen and oxygen atoms in total. The van der Waals surface area contributed by atoms with Gasteiger partial charge in [0.05, 0.1) is 6.61 Å². The number of ether oxygens (including phenoxy) is 1. The van der Waals surface area contributed by atoms with Gasteiger partial charge in [-0.25, -0.2) is 0 Å². The molecule has 2 aliphatic carbocycles. The molecule has 0 unspecified atom stereocenters. The first-order chi connectivity index (χ1) is 7.74. The van der Waals surface area contributed by atoms with E-state index in [9.17, 15) is 0 Å². The van der Waals surface area contributed by atoms with E-state index in [4.69, 9.17) is 10.5 Å². The van der Waals surface area contributed by atoms with Crippen LogP contribution in [-0.2, 0) is 4.74 Å². The molecule has 0 heterocycles. The third-order valence-electron chi connectivity index (χ3n) is 4.12. The van der Waals surface area contributed by atoms with Crippen LogP contribution < -0.4 is 5.73 Å². The summed E-state index contributed by atoms with van der Waals surface area (Å²) < 4.78 is 5.66. The Kier molecular flexibility index (Phi) is 4.22. The highest BCUT2D eigenvalue weighted by Gasteiger charge is 2.36. The van der Waals surface area contributed by atoms with Gasteiger partial charge in [-0.05, 0) is 50.6 Å².